The summed E-state index contributed by atoms with van der Waals surface area (Å²) in [4.78, 5) is 8.15. The molecule has 0 N–H and O–H groups in total. The molecule has 19 heavy (non-hydrogen) atoms. The summed E-state index contributed by atoms with van der Waals surface area (Å²) in [7, 11) is 0. The molecule has 2 aromatic rings. The Bertz CT molecular complexity index is 567. The van der Waals surface area contributed by atoms with Crippen LogP contribution < -0.4 is 4.74 Å². The van der Waals surface area contributed by atoms with Crippen LogP contribution in [-0.2, 0) is 0 Å². The molecule has 0 aliphatic heterocycles. The Morgan fingerprint density at radius 2 is 2.00 bits per heavy atom. The van der Waals surface area contributed by atoms with Crippen molar-refractivity contribution in [2.24, 2.45) is 5.92 Å². The number of ether oxygens (including phenoxy) is 1. The first-order chi connectivity index (χ1) is 9.24. The van der Waals surface area contributed by atoms with Crippen LogP contribution in [0.4, 0.5) is 4.39 Å². The molecular weight excluding hydrogens is 243 g/mol. The molecule has 0 radical (unpaired) electrons. The van der Waals surface area contributed by atoms with Gasteiger partial charge in [-0.1, -0.05) is 13.8 Å². The summed E-state index contributed by atoms with van der Waals surface area (Å²) in [5.41, 5.74) is 1.33. The van der Waals surface area contributed by atoms with Crippen molar-refractivity contribution in [1.82, 2.24) is 9.97 Å². The second kappa shape index (κ2) is 5.95. The van der Waals surface area contributed by atoms with Gasteiger partial charge < -0.3 is 4.74 Å². The zero-order chi connectivity index (χ0) is 13.8. The molecule has 2 aromatic heterocycles. The Balaban J connectivity index is 0.000000637. The molecule has 0 bridgehead atoms. The van der Waals surface area contributed by atoms with E-state index < -0.39 is 0 Å². The molecule has 1 aliphatic rings. The minimum atomic E-state index is -0.352. The summed E-state index contributed by atoms with van der Waals surface area (Å²) in [6, 6.07) is 1.70. The highest BCUT2D eigenvalue weighted by Gasteiger charge is 2.22. The van der Waals surface area contributed by atoms with E-state index in [1.165, 1.54) is 19.0 Å². The number of hydrogen-bond acceptors (Lipinski definition) is 3. The summed E-state index contributed by atoms with van der Waals surface area (Å²) in [6.45, 7) is 6.53. The van der Waals surface area contributed by atoms with Gasteiger partial charge in [-0.3, -0.25) is 9.97 Å². The van der Waals surface area contributed by atoms with Gasteiger partial charge in [-0.25, -0.2) is 4.39 Å². The normalized spacial score (nSPS) is 13.9. The Kier molecular flexibility index (Phi) is 4.30. The Morgan fingerprint density at radius 1 is 1.26 bits per heavy atom. The van der Waals surface area contributed by atoms with Gasteiger partial charge in [0.1, 0.15) is 5.75 Å². The van der Waals surface area contributed by atoms with Gasteiger partial charge in [0.05, 0.1) is 30.2 Å². The van der Waals surface area contributed by atoms with Crippen LogP contribution in [0.2, 0.25) is 0 Å². The topological polar surface area (TPSA) is 35.0 Å². The van der Waals surface area contributed by atoms with E-state index in [4.69, 9.17) is 4.74 Å². The molecule has 1 saturated carbocycles. The van der Waals surface area contributed by atoms with Crippen molar-refractivity contribution in [2.45, 2.75) is 33.6 Å². The van der Waals surface area contributed by atoms with Crippen LogP contribution >= 0.6 is 0 Å². The number of pyridine rings is 2. The summed E-state index contributed by atoms with van der Waals surface area (Å²) < 4.78 is 19.2. The molecule has 0 saturated heterocycles. The summed E-state index contributed by atoms with van der Waals surface area (Å²) in [5, 5.41) is 0.478. The van der Waals surface area contributed by atoms with Crippen molar-refractivity contribution in [2.75, 3.05) is 6.61 Å². The number of aromatic nitrogens is 2. The highest BCUT2D eigenvalue weighted by Crippen LogP contribution is 2.30. The second-order valence-electron chi connectivity index (χ2n) is 4.51. The Hall–Kier alpha value is -1.71. The number of fused-ring (bicyclic) bond motifs is 1. The van der Waals surface area contributed by atoms with Crippen molar-refractivity contribution >= 4 is 10.9 Å². The average molecular weight is 262 g/mol. The predicted octanol–water partition coefficient (Wildman–Crippen LogP) is 3.89. The Labute approximate surface area is 112 Å². The first-order valence-electron chi connectivity index (χ1n) is 6.77. The van der Waals surface area contributed by atoms with E-state index >= 15 is 0 Å². The molecule has 3 nitrogen and oxygen atoms in total. The number of rotatable bonds is 3. The van der Waals surface area contributed by atoms with E-state index in [1.54, 1.807) is 12.3 Å². The monoisotopic (exact) mass is 262 g/mol. The molecule has 2 heterocycles. The number of aryl methyl sites for hydroxylation is 1. The zero-order valence-electron chi connectivity index (χ0n) is 11.6. The van der Waals surface area contributed by atoms with E-state index in [-0.39, 0.29) is 5.82 Å². The predicted molar refractivity (Wildman–Crippen MR) is 73.8 cm³/mol. The van der Waals surface area contributed by atoms with Crippen LogP contribution in [0.15, 0.2) is 18.5 Å². The lowest BCUT2D eigenvalue weighted by Gasteiger charge is -2.07. The average Bonchev–Trinajstić information content (AvgIpc) is 3.27. The van der Waals surface area contributed by atoms with Crippen LogP contribution in [0.3, 0.4) is 0 Å². The van der Waals surface area contributed by atoms with Crippen LogP contribution in [0.5, 0.6) is 5.75 Å². The van der Waals surface area contributed by atoms with Gasteiger partial charge in [-0.15, -0.1) is 0 Å². The van der Waals surface area contributed by atoms with Gasteiger partial charge in [0.2, 0.25) is 0 Å². The van der Waals surface area contributed by atoms with Gasteiger partial charge in [0.15, 0.2) is 5.82 Å². The highest BCUT2D eigenvalue weighted by atomic mass is 19.1. The van der Waals surface area contributed by atoms with E-state index in [1.807, 2.05) is 20.8 Å². The molecule has 1 fully saturated rings. The van der Waals surface area contributed by atoms with Crippen LogP contribution in [0.25, 0.3) is 10.9 Å². The van der Waals surface area contributed by atoms with Crippen LogP contribution in [0, 0.1) is 18.7 Å². The van der Waals surface area contributed by atoms with Crippen molar-refractivity contribution in [3.63, 3.8) is 0 Å². The second-order valence-corrected chi connectivity index (χ2v) is 4.51. The van der Waals surface area contributed by atoms with Crippen molar-refractivity contribution in [1.29, 1.82) is 0 Å². The first-order valence-corrected chi connectivity index (χ1v) is 6.77. The molecule has 4 heteroatoms. The van der Waals surface area contributed by atoms with E-state index in [0.717, 1.165) is 5.69 Å². The van der Waals surface area contributed by atoms with Crippen molar-refractivity contribution in [3.05, 3.63) is 30.0 Å². The molecule has 0 unspecified atom stereocenters. The Morgan fingerprint density at radius 3 is 2.68 bits per heavy atom. The third-order valence-electron chi connectivity index (χ3n) is 3.02. The standard InChI is InChI=1S/C13H13FN2O.C2H6/c1-8-13-11(12(14)6-15-8)4-10(5-16-13)17-7-9-2-3-9;1-2/h4-6,9H,2-3,7H2,1H3;1-2H3. The lowest BCUT2D eigenvalue weighted by molar-refractivity contribution is 0.299. The van der Waals surface area contributed by atoms with E-state index in [2.05, 4.69) is 9.97 Å². The minimum Gasteiger partial charge on any atom is -0.492 e. The van der Waals surface area contributed by atoms with Crippen LogP contribution in [0.1, 0.15) is 32.4 Å². The fraction of sp³-hybridized carbons (Fsp3) is 0.467. The molecule has 0 amide bonds. The smallest absolute Gasteiger partial charge is 0.151 e. The van der Waals surface area contributed by atoms with Gasteiger partial charge in [0.25, 0.3) is 0 Å². The molecule has 0 aromatic carbocycles. The SMILES string of the molecule is CC.Cc1ncc(F)c2cc(OCC3CC3)cnc12. The van der Waals surface area contributed by atoms with E-state index in [9.17, 15) is 4.39 Å². The number of nitrogens with zero attached hydrogens (tertiary/aromatic N) is 2. The highest BCUT2D eigenvalue weighted by molar-refractivity contribution is 5.81. The van der Waals surface area contributed by atoms with Crippen LogP contribution in [-0.4, -0.2) is 16.6 Å². The first kappa shape index (κ1) is 13.7. The molecule has 1 aliphatic carbocycles. The van der Waals surface area contributed by atoms with Gasteiger partial charge >= 0.3 is 0 Å². The fourth-order valence-corrected chi connectivity index (χ4v) is 1.78. The van der Waals surface area contributed by atoms with Gasteiger partial charge in [-0.2, -0.15) is 0 Å². The maximum absolute atomic E-state index is 13.6. The lowest BCUT2D eigenvalue weighted by atomic mass is 10.2. The number of halogens is 1. The molecule has 0 atom stereocenters. The maximum Gasteiger partial charge on any atom is 0.151 e. The zero-order valence-corrected chi connectivity index (χ0v) is 11.6. The molecule has 102 valence electrons. The quantitative estimate of drug-likeness (QED) is 0.841. The number of hydrogen-bond donors (Lipinski definition) is 0. The third kappa shape index (κ3) is 3.19. The van der Waals surface area contributed by atoms with E-state index in [0.29, 0.717) is 29.2 Å². The molecule has 0 spiro atoms. The summed E-state index contributed by atoms with van der Waals surface area (Å²) in [6.07, 6.45) is 5.33. The summed E-state index contributed by atoms with van der Waals surface area (Å²) in [5.74, 6) is 0.957. The molecule has 3 rings (SSSR count). The molecular formula is C15H19FN2O. The summed E-state index contributed by atoms with van der Waals surface area (Å²) >= 11 is 0. The van der Waals surface area contributed by atoms with Gasteiger partial charge in [0, 0.05) is 5.39 Å². The van der Waals surface area contributed by atoms with Gasteiger partial charge in [-0.05, 0) is 31.7 Å². The maximum atomic E-state index is 13.6. The fourth-order valence-electron chi connectivity index (χ4n) is 1.78. The van der Waals surface area contributed by atoms with Crippen molar-refractivity contribution < 1.29 is 9.13 Å². The third-order valence-corrected chi connectivity index (χ3v) is 3.02. The lowest BCUT2D eigenvalue weighted by Crippen LogP contribution is -2.00. The van der Waals surface area contributed by atoms with Crippen molar-refractivity contribution in [3.8, 4) is 5.75 Å². The minimum absolute atomic E-state index is 0.352. The largest absolute Gasteiger partial charge is 0.492 e.